The van der Waals surface area contributed by atoms with Gasteiger partial charge in [0.25, 0.3) is 5.91 Å². The molecule has 0 unspecified atom stereocenters. The first-order chi connectivity index (χ1) is 15.1. The van der Waals surface area contributed by atoms with E-state index in [9.17, 15) is 18.4 Å². The third-order valence-corrected chi connectivity index (χ3v) is 5.48. The Labute approximate surface area is 187 Å². The highest BCUT2D eigenvalue weighted by molar-refractivity contribution is 5.94. The topological polar surface area (TPSA) is 55.8 Å². The van der Waals surface area contributed by atoms with Gasteiger partial charge in [0, 0.05) is 19.2 Å². The van der Waals surface area contributed by atoms with Crippen molar-refractivity contribution in [2.75, 3.05) is 13.1 Å². The van der Waals surface area contributed by atoms with Gasteiger partial charge in [0.05, 0.1) is 11.7 Å². The van der Waals surface area contributed by atoms with Crippen molar-refractivity contribution in [3.8, 4) is 5.75 Å². The number of hydrogen-bond acceptors (Lipinski definition) is 4. The van der Waals surface area contributed by atoms with Gasteiger partial charge in [0.2, 0.25) is 0 Å². The Morgan fingerprint density at radius 3 is 2.38 bits per heavy atom. The summed E-state index contributed by atoms with van der Waals surface area (Å²) in [4.78, 5) is 26.5. The average Bonchev–Trinajstić information content (AvgIpc) is 2.73. The van der Waals surface area contributed by atoms with Crippen molar-refractivity contribution < 1.29 is 27.8 Å². The molecule has 1 saturated heterocycles. The fourth-order valence-electron chi connectivity index (χ4n) is 3.77. The molecule has 172 valence electrons. The van der Waals surface area contributed by atoms with Crippen LogP contribution in [0, 0.1) is 11.6 Å². The Morgan fingerprint density at radius 1 is 1.06 bits per heavy atom. The molecule has 1 fully saturated rings. The maximum Gasteiger partial charge on any atom is 0.350 e. The van der Waals surface area contributed by atoms with Crippen LogP contribution in [0.3, 0.4) is 0 Å². The standard InChI is InChI=1S/C25H29F2NO4/c1-16(2)31-24(30)25(3,4)32-20-7-5-6-18(14-20)17-10-12-28(13-11-17)23(29)21-9-8-19(26)15-22(21)27/h5-9,14-17H,10-13H2,1-4H3. The molecule has 0 atom stereocenters. The Morgan fingerprint density at radius 2 is 1.75 bits per heavy atom. The average molecular weight is 446 g/mol. The molecule has 2 aromatic carbocycles. The van der Waals surface area contributed by atoms with Crippen molar-refractivity contribution >= 4 is 11.9 Å². The fraction of sp³-hybridized carbons (Fsp3) is 0.440. The van der Waals surface area contributed by atoms with Crippen LogP contribution in [0.25, 0.3) is 0 Å². The molecule has 0 saturated carbocycles. The molecule has 0 aliphatic carbocycles. The van der Waals surface area contributed by atoms with Crippen LogP contribution < -0.4 is 4.74 Å². The Hall–Kier alpha value is -2.96. The minimum Gasteiger partial charge on any atom is -0.476 e. The molecule has 0 spiro atoms. The van der Waals surface area contributed by atoms with Crippen molar-refractivity contribution in [2.24, 2.45) is 0 Å². The first-order valence-corrected chi connectivity index (χ1v) is 10.8. The molecule has 3 rings (SSSR count). The van der Waals surface area contributed by atoms with Crippen LogP contribution >= 0.6 is 0 Å². The summed E-state index contributed by atoms with van der Waals surface area (Å²) in [5, 5.41) is 0. The van der Waals surface area contributed by atoms with Gasteiger partial charge in [0.1, 0.15) is 17.4 Å². The summed E-state index contributed by atoms with van der Waals surface area (Å²) < 4.78 is 38.3. The monoisotopic (exact) mass is 445 g/mol. The Kier molecular flexibility index (Phi) is 7.16. The van der Waals surface area contributed by atoms with E-state index in [0.717, 1.165) is 17.7 Å². The zero-order chi connectivity index (χ0) is 23.5. The van der Waals surface area contributed by atoms with Crippen LogP contribution in [-0.2, 0) is 9.53 Å². The van der Waals surface area contributed by atoms with Crippen LogP contribution in [0.4, 0.5) is 8.78 Å². The van der Waals surface area contributed by atoms with E-state index >= 15 is 0 Å². The van der Waals surface area contributed by atoms with Gasteiger partial charge in [-0.1, -0.05) is 12.1 Å². The van der Waals surface area contributed by atoms with Crippen LogP contribution in [0.2, 0.25) is 0 Å². The van der Waals surface area contributed by atoms with Gasteiger partial charge >= 0.3 is 5.97 Å². The van der Waals surface area contributed by atoms with E-state index in [2.05, 4.69) is 0 Å². The van der Waals surface area contributed by atoms with Gasteiger partial charge in [-0.25, -0.2) is 13.6 Å². The fourth-order valence-corrected chi connectivity index (χ4v) is 3.77. The lowest BCUT2D eigenvalue weighted by molar-refractivity contribution is -0.163. The van der Waals surface area contributed by atoms with Crippen LogP contribution in [-0.4, -0.2) is 41.6 Å². The molecule has 1 aliphatic heterocycles. The molecule has 1 amide bonds. The predicted octanol–water partition coefficient (Wildman–Crippen LogP) is 5.09. The minimum atomic E-state index is -1.13. The summed E-state index contributed by atoms with van der Waals surface area (Å²) in [6.45, 7) is 7.85. The molecule has 2 aromatic rings. The van der Waals surface area contributed by atoms with E-state index in [1.54, 1.807) is 38.7 Å². The van der Waals surface area contributed by atoms with Crippen molar-refractivity contribution in [2.45, 2.75) is 58.2 Å². The summed E-state index contributed by atoms with van der Waals surface area (Å²) in [6.07, 6.45) is 1.18. The molecule has 7 heteroatoms. The molecular weight excluding hydrogens is 416 g/mol. The van der Waals surface area contributed by atoms with Gasteiger partial charge in [0.15, 0.2) is 5.60 Å². The smallest absolute Gasteiger partial charge is 0.350 e. The Bertz CT molecular complexity index is 982. The highest BCUT2D eigenvalue weighted by Gasteiger charge is 2.33. The normalized spacial score (nSPS) is 15.0. The van der Waals surface area contributed by atoms with Crippen LogP contribution in [0.5, 0.6) is 5.75 Å². The van der Waals surface area contributed by atoms with Gasteiger partial charge < -0.3 is 14.4 Å². The number of carbonyl (C=O) groups is 2. The molecule has 0 aromatic heterocycles. The second-order valence-electron chi connectivity index (χ2n) is 8.83. The number of benzene rings is 2. The SMILES string of the molecule is CC(C)OC(=O)C(C)(C)Oc1cccc(C2CCN(C(=O)c3ccc(F)cc3F)CC2)c1. The number of rotatable bonds is 6. The van der Waals surface area contributed by atoms with Crippen LogP contribution in [0.1, 0.15) is 62.4 Å². The summed E-state index contributed by atoms with van der Waals surface area (Å²) in [5.41, 5.74) is -0.191. The highest BCUT2D eigenvalue weighted by atomic mass is 19.1. The number of nitrogens with zero attached hydrogens (tertiary/aromatic N) is 1. The van der Waals surface area contributed by atoms with E-state index in [1.807, 2.05) is 18.2 Å². The second kappa shape index (κ2) is 9.67. The van der Waals surface area contributed by atoms with Crippen molar-refractivity contribution in [3.05, 3.63) is 65.2 Å². The van der Waals surface area contributed by atoms with Gasteiger partial charge in [-0.2, -0.15) is 0 Å². The number of carbonyl (C=O) groups excluding carboxylic acids is 2. The van der Waals surface area contributed by atoms with E-state index in [1.165, 1.54) is 6.07 Å². The zero-order valence-corrected chi connectivity index (χ0v) is 18.9. The number of amides is 1. The minimum absolute atomic E-state index is 0.115. The maximum atomic E-state index is 14.0. The molecule has 0 N–H and O–H groups in total. The number of halogens is 2. The van der Waals surface area contributed by atoms with E-state index in [4.69, 9.17) is 9.47 Å². The maximum absolute atomic E-state index is 14.0. The number of piperidine rings is 1. The number of esters is 1. The molecule has 0 radical (unpaired) electrons. The van der Waals surface area contributed by atoms with E-state index in [0.29, 0.717) is 31.7 Å². The number of likely N-dealkylation sites (tertiary alicyclic amines) is 1. The summed E-state index contributed by atoms with van der Waals surface area (Å²) in [7, 11) is 0. The van der Waals surface area contributed by atoms with Crippen molar-refractivity contribution in [1.82, 2.24) is 4.90 Å². The van der Waals surface area contributed by atoms with E-state index in [-0.39, 0.29) is 17.6 Å². The van der Waals surface area contributed by atoms with Crippen LogP contribution in [0.15, 0.2) is 42.5 Å². The molecule has 1 heterocycles. The summed E-state index contributed by atoms with van der Waals surface area (Å²) in [6, 6.07) is 10.6. The van der Waals surface area contributed by atoms with Crippen molar-refractivity contribution in [3.63, 3.8) is 0 Å². The number of ether oxygens (including phenoxy) is 2. The quantitative estimate of drug-likeness (QED) is 0.581. The third-order valence-electron chi connectivity index (χ3n) is 5.48. The first kappa shape index (κ1) is 23.7. The van der Waals surface area contributed by atoms with Gasteiger partial charge in [-0.05, 0) is 76.3 Å². The lowest BCUT2D eigenvalue weighted by atomic mass is 9.89. The molecule has 32 heavy (non-hydrogen) atoms. The van der Waals surface area contributed by atoms with Gasteiger partial charge in [-0.3, -0.25) is 4.79 Å². The van der Waals surface area contributed by atoms with Crippen molar-refractivity contribution in [1.29, 1.82) is 0 Å². The third kappa shape index (κ3) is 5.64. The molecule has 5 nitrogen and oxygen atoms in total. The first-order valence-electron chi connectivity index (χ1n) is 10.8. The number of hydrogen-bond donors (Lipinski definition) is 0. The van der Waals surface area contributed by atoms with E-state index < -0.39 is 29.1 Å². The molecule has 1 aliphatic rings. The highest BCUT2D eigenvalue weighted by Crippen LogP contribution is 2.32. The summed E-state index contributed by atoms with van der Waals surface area (Å²) in [5.74, 6) is -1.64. The zero-order valence-electron chi connectivity index (χ0n) is 18.9. The molecular formula is C25H29F2NO4. The lowest BCUT2D eigenvalue weighted by Gasteiger charge is -2.32. The molecule has 0 bridgehead atoms. The predicted molar refractivity (Wildman–Crippen MR) is 117 cm³/mol. The Balaban J connectivity index is 1.63. The lowest BCUT2D eigenvalue weighted by Crippen LogP contribution is -2.41. The second-order valence-corrected chi connectivity index (χ2v) is 8.83. The van der Waals surface area contributed by atoms with Gasteiger partial charge in [-0.15, -0.1) is 0 Å². The summed E-state index contributed by atoms with van der Waals surface area (Å²) >= 11 is 0. The largest absolute Gasteiger partial charge is 0.476 e.